The zero-order valence-corrected chi connectivity index (χ0v) is 19.3. The number of amides is 1. The molecular weight excluding hydrogens is 461 g/mol. The first kappa shape index (κ1) is 23.5. The van der Waals surface area contributed by atoms with Crippen molar-refractivity contribution < 1.29 is 27.4 Å². The van der Waals surface area contributed by atoms with E-state index in [1.54, 1.807) is 23.1 Å². The van der Waals surface area contributed by atoms with E-state index < -0.39 is 24.2 Å². The smallest absolute Gasteiger partial charge is 0.410 e. The molecule has 11 heteroatoms. The summed E-state index contributed by atoms with van der Waals surface area (Å²) in [6.07, 6.45) is -2.23. The zero-order chi connectivity index (χ0) is 23.9. The van der Waals surface area contributed by atoms with Crippen LogP contribution in [0.3, 0.4) is 0 Å². The van der Waals surface area contributed by atoms with E-state index in [1.165, 1.54) is 14.2 Å². The molecule has 2 aliphatic rings. The molecule has 1 fully saturated rings. The minimum absolute atomic E-state index is 0.0157. The highest BCUT2D eigenvalue weighted by Crippen LogP contribution is 2.47. The number of carbonyl (C=O) groups excluding carboxylic acids is 1. The highest BCUT2D eigenvalue weighted by Gasteiger charge is 2.48. The van der Waals surface area contributed by atoms with Gasteiger partial charge in [-0.05, 0) is 43.9 Å². The van der Waals surface area contributed by atoms with Gasteiger partial charge in [0.1, 0.15) is 10.8 Å². The van der Waals surface area contributed by atoms with Crippen molar-refractivity contribution in [2.24, 2.45) is 0 Å². The monoisotopic (exact) mass is 486 g/mol. The summed E-state index contributed by atoms with van der Waals surface area (Å²) < 4.78 is 53.5. The molecule has 3 atom stereocenters. The van der Waals surface area contributed by atoms with Crippen molar-refractivity contribution in [3.63, 3.8) is 0 Å². The average Bonchev–Trinajstić information content (AvgIpc) is 3.13. The number of aromatic nitrogens is 2. The fourth-order valence-electron chi connectivity index (χ4n) is 4.55. The van der Waals surface area contributed by atoms with Crippen molar-refractivity contribution in [2.75, 3.05) is 26.1 Å². The molecule has 0 aliphatic carbocycles. The largest absolute Gasteiger partial charge is 0.493 e. The van der Waals surface area contributed by atoms with Crippen molar-refractivity contribution >= 4 is 23.3 Å². The van der Waals surface area contributed by atoms with Crippen molar-refractivity contribution in [2.45, 2.75) is 56.9 Å². The van der Waals surface area contributed by atoms with Crippen LogP contribution in [0, 0.1) is 0 Å². The van der Waals surface area contributed by atoms with Gasteiger partial charge in [-0.1, -0.05) is 17.7 Å². The molecule has 0 spiro atoms. The first-order chi connectivity index (χ1) is 15.7. The number of likely N-dealkylation sites (tertiary alicyclic amines) is 1. The number of piperidine rings is 1. The Morgan fingerprint density at radius 1 is 1.21 bits per heavy atom. The Bertz CT molecular complexity index is 1040. The third-order valence-corrected chi connectivity index (χ3v) is 6.73. The minimum atomic E-state index is -4.58. The molecule has 7 nitrogen and oxygen atoms in total. The number of anilines is 1. The molecule has 2 aromatic rings. The van der Waals surface area contributed by atoms with E-state index in [4.69, 9.17) is 21.1 Å². The van der Waals surface area contributed by atoms with Gasteiger partial charge < -0.3 is 19.7 Å². The number of hydrogen-bond acceptors (Lipinski definition) is 5. The van der Waals surface area contributed by atoms with E-state index in [2.05, 4.69) is 10.4 Å². The van der Waals surface area contributed by atoms with Crippen LogP contribution in [0.25, 0.3) is 0 Å². The molecule has 0 bridgehead atoms. The van der Waals surface area contributed by atoms with Gasteiger partial charge in [0.2, 0.25) is 0 Å². The van der Waals surface area contributed by atoms with Crippen LogP contribution < -0.4 is 14.8 Å². The predicted molar refractivity (Wildman–Crippen MR) is 117 cm³/mol. The van der Waals surface area contributed by atoms with E-state index in [9.17, 15) is 18.0 Å². The number of hydrogen-bond donors (Lipinski definition) is 1. The second-order valence-corrected chi connectivity index (χ2v) is 8.78. The van der Waals surface area contributed by atoms with Gasteiger partial charge in [-0.15, -0.1) is 0 Å². The highest BCUT2D eigenvalue weighted by atomic mass is 35.5. The van der Waals surface area contributed by atoms with E-state index in [0.717, 1.165) is 23.9 Å². The fraction of sp³-hybridized carbons (Fsp3) is 0.545. The molecule has 0 radical (unpaired) electrons. The summed E-state index contributed by atoms with van der Waals surface area (Å²) in [5.41, 5.74) is 0.415. The van der Waals surface area contributed by atoms with Crippen LogP contribution in [0.4, 0.5) is 19.0 Å². The Balaban J connectivity index is 1.73. The van der Waals surface area contributed by atoms with Gasteiger partial charge in [-0.2, -0.15) is 18.3 Å². The number of ether oxygens (including phenoxy) is 2. The second kappa shape index (κ2) is 8.96. The quantitative estimate of drug-likeness (QED) is 0.641. The number of halogens is 4. The van der Waals surface area contributed by atoms with Crippen LogP contribution in [0.2, 0.25) is 5.02 Å². The number of rotatable bonds is 4. The number of alkyl halides is 3. The van der Waals surface area contributed by atoms with Crippen LogP contribution in [-0.4, -0.2) is 53.6 Å². The molecule has 4 rings (SSSR count). The maximum absolute atomic E-state index is 14.1. The average molecular weight is 487 g/mol. The summed E-state index contributed by atoms with van der Waals surface area (Å²) in [4.78, 5) is 14.8. The number of benzene rings is 1. The van der Waals surface area contributed by atoms with Crippen LogP contribution in [-0.2, 0) is 0 Å². The zero-order valence-electron chi connectivity index (χ0n) is 18.6. The third kappa shape index (κ3) is 4.32. The summed E-state index contributed by atoms with van der Waals surface area (Å²) in [5.74, 6) is 0.411. The Morgan fingerprint density at radius 3 is 2.58 bits per heavy atom. The highest BCUT2D eigenvalue weighted by molar-refractivity contribution is 6.36. The maximum atomic E-state index is 14.1. The van der Waals surface area contributed by atoms with E-state index >= 15 is 0 Å². The number of fused-ring (bicyclic) bond motifs is 1. The summed E-state index contributed by atoms with van der Waals surface area (Å²) in [6.45, 7) is 2.45. The summed E-state index contributed by atoms with van der Waals surface area (Å²) in [7, 11) is 2.94. The lowest BCUT2D eigenvalue weighted by molar-refractivity contribution is -0.173. The number of nitrogens with one attached hydrogen (secondary N) is 1. The molecule has 1 N–H and O–H groups in total. The maximum Gasteiger partial charge on any atom is 0.410 e. The van der Waals surface area contributed by atoms with Gasteiger partial charge in [0.25, 0.3) is 5.91 Å². The topological polar surface area (TPSA) is 68.6 Å². The molecule has 33 heavy (non-hydrogen) atoms. The van der Waals surface area contributed by atoms with Gasteiger partial charge in [-0.3, -0.25) is 4.79 Å². The molecule has 1 aromatic heterocycles. The molecule has 0 unspecified atom stereocenters. The molecule has 2 aliphatic heterocycles. The van der Waals surface area contributed by atoms with Gasteiger partial charge in [0, 0.05) is 19.0 Å². The SMILES string of the molecule is COc1ccc([C@H]2C[C@@H](C(F)(F)F)n3nc(C(=O)N4CCCC[C@@H]4C)c(Cl)c3N2)cc1OC. The van der Waals surface area contributed by atoms with E-state index in [0.29, 0.717) is 23.6 Å². The lowest BCUT2D eigenvalue weighted by atomic mass is 9.96. The normalized spacial score (nSPS) is 23.0. The molecule has 1 saturated heterocycles. The number of carbonyl (C=O) groups is 1. The van der Waals surface area contributed by atoms with Crippen LogP contribution in [0.1, 0.15) is 60.7 Å². The van der Waals surface area contributed by atoms with Gasteiger partial charge in [0.05, 0.1) is 20.3 Å². The molecule has 1 aromatic carbocycles. The molecule has 1 amide bonds. The van der Waals surface area contributed by atoms with E-state index in [1.807, 2.05) is 6.92 Å². The Kier molecular flexibility index (Phi) is 6.39. The third-order valence-electron chi connectivity index (χ3n) is 6.37. The first-order valence-electron chi connectivity index (χ1n) is 10.8. The first-order valence-corrected chi connectivity index (χ1v) is 11.2. The van der Waals surface area contributed by atoms with Gasteiger partial charge in [-0.25, -0.2) is 4.68 Å². The lowest BCUT2D eigenvalue weighted by Gasteiger charge is -2.33. The van der Waals surface area contributed by atoms with Crippen molar-refractivity contribution in [3.05, 3.63) is 34.5 Å². The summed E-state index contributed by atoms with van der Waals surface area (Å²) in [6, 6.07) is 2.25. The van der Waals surface area contributed by atoms with Gasteiger partial charge in [0.15, 0.2) is 23.2 Å². The molecular formula is C22H26ClF3N4O3. The van der Waals surface area contributed by atoms with Crippen molar-refractivity contribution in [1.82, 2.24) is 14.7 Å². The lowest BCUT2D eigenvalue weighted by Crippen LogP contribution is -2.42. The van der Waals surface area contributed by atoms with Crippen molar-refractivity contribution in [1.29, 1.82) is 0 Å². The Morgan fingerprint density at radius 2 is 1.94 bits per heavy atom. The van der Waals surface area contributed by atoms with Crippen LogP contribution >= 0.6 is 11.6 Å². The second-order valence-electron chi connectivity index (χ2n) is 8.40. The van der Waals surface area contributed by atoms with E-state index in [-0.39, 0.29) is 29.0 Å². The Labute approximate surface area is 194 Å². The molecule has 0 saturated carbocycles. The Hall–Kier alpha value is -2.62. The van der Waals surface area contributed by atoms with Crippen molar-refractivity contribution in [3.8, 4) is 11.5 Å². The standard InChI is InChI=1S/C22H26ClF3N4O3/c1-12-6-4-5-9-29(12)21(31)19-18(23)20-27-14(11-17(22(24,25)26)30(20)28-19)13-7-8-15(32-2)16(10-13)33-3/h7-8,10,12,14,17,27H,4-6,9,11H2,1-3H3/t12-,14+,17-/m0/s1. The number of nitrogens with zero attached hydrogens (tertiary/aromatic N) is 3. The minimum Gasteiger partial charge on any atom is -0.493 e. The molecule has 180 valence electrons. The predicted octanol–water partition coefficient (Wildman–Crippen LogP) is 5.23. The molecule has 3 heterocycles. The summed E-state index contributed by atoms with van der Waals surface area (Å²) in [5, 5.41) is 7.03. The van der Waals surface area contributed by atoms with Gasteiger partial charge >= 0.3 is 6.18 Å². The van der Waals surface area contributed by atoms with Crippen LogP contribution in [0.5, 0.6) is 11.5 Å². The number of methoxy groups -OCH3 is 2. The van der Waals surface area contributed by atoms with Crippen LogP contribution in [0.15, 0.2) is 18.2 Å². The fourth-order valence-corrected chi connectivity index (χ4v) is 4.81. The summed E-state index contributed by atoms with van der Waals surface area (Å²) >= 11 is 6.47.